The van der Waals surface area contributed by atoms with Crippen LogP contribution in [-0.2, 0) is 20.4 Å². The van der Waals surface area contributed by atoms with Crippen molar-refractivity contribution in [3.63, 3.8) is 0 Å². The lowest BCUT2D eigenvalue weighted by Gasteiger charge is -2.34. The van der Waals surface area contributed by atoms with Gasteiger partial charge in [-0.25, -0.2) is 4.68 Å². The third-order valence-electron chi connectivity index (χ3n) is 6.82. The summed E-state index contributed by atoms with van der Waals surface area (Å²) in [6.45, 7) is 6.08. The zero-order valence-corrected chi connectivity index (χ0v) is 20.7. The Labute approximate surface area is 207 Å². The van der Waals surface area contributed by atoms with Crippen LogP contribution < -0.4 is 10.5 Å². The molecule has 1 aliphatic heterocycles. The Hall–Kier alpha value is -3.75. The predicted molar refractivity (Wildman–Crippen MR) is 131 cm³/mol. The first-order valence-corrected chi connectivity index (χ1v) is 11.6. The second-order valence-corrected chi connectivity index (χ2v) is 9.34. The quantitative estimate of drug-likeness (QED) is 0.493. The van der Waals surface area contributed by atoms with Crippen molar-refractivity contribution < 1.29 is 22.7 Å². The van der Waals surface area contributed by atoms with E-state index in [0.29, 0.717) is 5.69 Å². The van der Waals surface area contributed by atoms with Crippen molar-refractivity contribution in [1.82, 2.24) is 9.78 Å². The highest BCUT2D eigenvalue weighted by Crippen LogP contribution is 2.51. The van der Waals surface area contributed by atoms with Gasteiger partial charge >= 0.3 is 12.1 Å². The van der Waals surface area contributed by atoms with E-state index in [0.717, 1.165) is 22.0 Å². The number of rotatable bonds is 5. The van der Waals surface area contributed by atoms with E-state index in [1.807, 2.05) is 18.2 Å². The van der Waals surface area contributed by atoms with E-state index in [4.69, 9.17) is 4.74 Å². The zero-order chi connectivity index (χ0) is 26.5. The van der Waals surface area contributed by atoms with E-state index in [2.05, 4.69) is 5.10 Å². The number of nitrogens with one attached hydrogen (secondary N) is 1. The normalized spacial score (nSPS) is 17.7. The van der Waals surface area contributed by atoms with Crippen molar-refractivity contribution in [2.75, 3.05) is 18.6 Å². The molecule has 190 valence electrons. The van der Waals surface area contributed by atoms with Crippen LogP contribution in [0.25, 0.3) is 5.69 Å². The smallest absolute Gasteiger partial charge is 0.412 e. The molecule has 9 heteroatoms. The predicted octanol–water partition coefficient (Wildman–Crippen LogP) is 5.15. The fourth-order valence-electron chi connectivity index (χ4n) is 5.05. The number of hydrogen-bond acceptors (Lipinski definition) is 4. The van der Waals surface area contributed by atoms with Gasteiger partial charge in [-0.3, -0.25) is 14.7 Å². The number of carbonyl (C=O) groups excluding carboxylic acids is 1. The number of anilines is 1. The molecular formula is C27H28F3N3O3. The zero-order valence-electron chi connectivity index (χ0n) is 20.7. The number of nitrogens with zero attached hydrogens (tertiary/aromatic N) is 2. The van der Waals surface area contributed by atoms with Crippen molar-refractivity contribution >= 4 is 11.7 Å². The molecule has 1 unspecified atom stereocenters. The standard InChI is InChI=1S/C27H28F3N3O3/c1-6-36-24(35)26(27(28,29)30,16-21-25(3,4)19-14-10-11-15-20(19)32(21)5)22-17(2)31-33(23(22)34)18-12-8-7-9-13-18/h7-16,31H,6H2,1-5H3. The Morgan fingerprint density at radius 3 is 2.28 bits per heavy atom. The van der Waals surface area contributed by atoms with Gasteiger partial charge in [0, 0.05) is 29.5 Å². The number of carbonyl (C=O) groups is 1. The van der Waals surface area contributed by atoms with Crippen LogP contribution >= 0.6 is 0 Å². The first kappa shape index (κ1) is 25.3. The Morgan fingerprint density at radius 1 is 1.08 bits per heavy atom. The number of H-pyrrole nitrogens is 1. The van der Waals surface area contributed by atoms with Crippen LogP contribution in [0, 0.1) is 6.92 Å². The first-order valence-electron chi connectivity index (χ1n) is 11.6. The lowest BCUT2D eigenvalue weighted by atomic mass is 9.74. The van der Waals surface area contributed by atoms with Crippen LogP contribution in [0.2, 0.25) is 0 Å². The SMILES string of the molecule is CCOC(=O)C(C=C1N(C)c2ccccc2C1(C)C)(c1c(C)[nH]n(-c2ccccc2)c1=O)C(F)(F)F. The molecule has 0 aliphatic carbocycles. The molecule has 0 fully saturated rings. The maximum absolute atomic E-state index is 15.2. The maximum atomic E-state index is 15.2. The number of esters is 1. The Kier molecular flexibility index (Phi) is 6.14. The maximum Gasteiger partial charge on any atom is 0.412 e. The van der Waals surface area contributed by atoms with E-state index in [-0.39, 0.29) is 18.0 Å². The number of benzene rings is 2. The third-order valence-corrected chi connectivity index (χ3v) is 6.82. The van der Waals surface area contributed by atoms with Crippen LogP contribution in [0.15, 0.2) is 71.2 Å². The van der Waals surface area contributed by atoms with Gasteiger partial charge in [0.1, 0.15) is 0 Å². The number of aryl methyl sites for hydroxylation is 1. The van der Waals surface area contributed by atoms with E-state index >= 15 is 13.2 Å². The number of halogens is 3. The van der Waals surface area contributed by atoms with Gasteiger partial charge in [0.2, 0.25) is 5.41 Å². The molecule has 0 saturated heterocycles. The van der Waals surface area contributed by atoms with E-state index in [9.17, 15) is 9.59 Å². The molecule has 36 heavy (non-hydrogen) atoms. The van der Waals surface area contributed by atoms with Crippen LogP contribution in [0.3, 0.4) is 0 Å². The monoisotopic (exact) mass is 499 g/mol. The molecule has 0 saturated carbocycles. The molecular weight excluding hydrogens is 471 g/mol. The largest absolute Gasteiger partial charge is 0.465 e. The van der Waals surface area contributed by atoms with Crippen LogP contribution in [0.1, 0.15) is 37.6 Å². The van der Waals surface area contributed by atoms with E-state index in [1.54, 1.807) is 62.2 Å². The van der Waals surface area contributed by atoms with Crippen molar-refractivity contribution in [2.24, 2.45) is 0 Å². The summed E-state index contributed by atoms with van der Waals surface area (Å²) in [6, 6.07) is 15.5. The fourth-order valence-corrected chi connectivity index (χ4v) is 5.05. The van der Waals surface area contributed by atoms with Crippen molar-refractivity contribution in [2.45, 2.75) is 44.7 Å². The number of aromatic amines is 1. The molecule has 1 aromatic heterocycles. The Morgan fingerprint density at radius 2 is 1.69 bits per heavy atom. The summed E-state index contributed by atoms with van der Waals surface area (Å²) in [5.41, 5.74) is -3.88. The number of para-hydroxylation sites is 2. The van der Waals surface area contributed by atoms with Gasteiger partial charge in [-0.15, -0.1) is 0 Å². The summed E-state index contributed by atoms with van der Waals surface area (Å²) in [7, 11) is 1.65. The van der Waals surface area contributed by atoms with Crippen LogP contribution in [-0.4, -0.2) is 35.6 Å². The minimum absolute atomic E-state index is 0.0814. The number of aromatic nitrogens is 2. The van der Waals surface area contributed by atoms with Crippen LogP contribution in [0.4, 0.5) is 18.9 Å². The average molecular weight is 500 g/mol. The third kappa shape index (κ3) is 3.65. The highest BCUT2D eigenvalue weighted by atomic mass is 19.4. The van der Waals surface area contributed by atoms with Crippen molar-refractivity contribution in [1.29, 1.82) is 0 Å². The summed E-state index contributed by atoms with van der Waals surface area (Å²) in [5, 5.41) is 2.73. The number of hydrogen-bond donors (Lipinski definition) is 1. The summed E-state index contributed by atoms with van der Waals surface area (Å²) < 4.78 is 51.8. The average Bonchev–Trinajstić information content (AvgIpc) is 3.22. The number of allylic oxidation sites excluding steroid dienone is 1. The van der Waals surface area contributed by atoms with Gasteiger partial charge in [0.25, 0.3) is 5.56 Å². The number of fused-ring (bicyclic) bond motifs is 1. The first-order chi connectivity index (χ1) is 16.9. The minimum atomic E-state index is -5.18. The molecule has 1 aliphatic rings. The fraction of sp³-hybridized carbons (Fsp3) is 0.333. The Balaban J connectivity index is 2.08. The molecule has 0 bridgehead atoms. The van der Waals surface area contributed by atoms with Crippen LogP contribution in [0.5, 0.6) is 0 Å². The van der Waals surface area contributed by atoms with Crippen molar-refractivity contribution in [3.05, 3.63) is 93.5 Å². The summed E-state index contributed by atoms with van der Waals surface area (Å²) in [4.78, 5) is 28.6. The molecule has 4 rings (SSSR count). The molecule has 1 N–H and O–H groups in total. The second-order valence-electron chi connectivity index (χ2n) is 9.34. The Bertz CT molecular complexity index is 1390. The number of likely N-dealkylation sites (N-methyl/N-ethyl adjacent to an activating group) is 1. The lowest BCUT2D eigenvalue weighted by molar-refractivity contribution is -0.199. The number of alkyl halides is 3. The summed E-state index contributed by atoms with van der Waals surface area (Å²) in [5.74, 6) is -1.55. The van der Waals surface area contributed by atoms with E-state index < -0.39 is 34.1 Å². The molecule has 3 aromatic rings. The van der Waals surface area contributed by atoms with Gasteiger partial charge in [-0.05, 0) is 43.7 Å². The molecule has 2 heterocycles. The lowest BCUT2D eigenvalue weighted by Crippen LogP contribution is -2.52. The van der Waals surface area contributed by atoms with Gasteiger partial charge in [-0.2, -0.15) is 13.2 Å². The highest BCUT2D eigenvalue weighted by molar-refractivity contribution is 5.88. The number of ether oxygens (including phenoxy) is 1. The van der Waals surface area contributed by atoms with Gasteiger partial charge < -0.3 is 9.64 Å². The van der Waals surface area contributed by atoms with Gasteiger partial charge in [0.15, 0.2) is 0 Å². The molecule has 0 spiro atoms. The minimum Gasteiger partial charge on any atom is -0.465 e. The summed E-state index contributed by atoms with van der Waals surface area (Å²) >= 11 is 0. The van der Waals surface area contributed by atoms with Crippen molar-refractivity contribution in [3.8, 4) is 5.69 Å². The molecule has 0 amide bonds. The second kappa shape index (κ2) is 8.72. The molecule has 2 aromatic carbocycles. The molecule has 6 nitrogen and oxygen atoms in total. The highest BCUT2D eigenvalue weighted by Gasteiger charge is 2.65. The summed E-state index contributed by atoms with van der Waals surface area (Å²) in [6.07, 6.45) is -4.31. The molecule has 0 radical (unpaired) electrons. The van der Waals surface area contributed by atoms with Gasteiger partial charge in [0.05, 0.1) is 17.9 Å². The van der Waals surface area contributed by atoms with Gasteiger partial charge in [-0.1, -0.05) is 50.2 Å². The topological polar surface area (TPSA) is 67.3 Å². The molecule has 1 atom stereocenters. The van der Waals surface area contributed by atoms with E-state index in [1.165, 1.54) is 13.8 Å².